The first kappa shape index (κ1) is 20.9. The van der Waals surface area contributed by atoms with Gasteiger partial charge in [-0.05, 0) is 30.4 Å². The van der Waals surface area contributed by atoms with Crippen LogP contribution in [0.2, 0.25) is 0 Å². The number of carbonyl (C=O) groups is 2. The van der Waals surface area contributed by atoms with Crippen LogP contribution in [-0.2, 0) is 9.53 Å². The molecule has 1 aliphatic rings. The van der Waals surface area contributed by atoms with E-state index in [9.17, 15) is 22.8 Å². The van der Waals surface area contributed by atoms with Crippen molar-refractivity contribution in [2.75, 3.05) is 18.1 Å². The lowest BCUT2D eigenvalue weighted by molar-refractivity contribution is -0.274. The quantitative estimate of drug-likeness (QED) is 0.537. The van der Waals surface area contributed by atoms with Crippen molar-refractivity contribution in [2.45, 2.75) is 26.3 Å². The van der Waals surface area contributed by atoms with Gasteiger partial charge in [-0.1, -0.05) is 19.1 Å². The molecule has 2 amide bonds. The maximum Gasteiger partial charge on any atom is 0.573 e. The van der Waals surface area contributed by atoms with Crippen molar-refractivity contribution in [1.29, 1.82) is 0 Å². The molecule has 1 aliphatic heterocycles. The zero-order valence-corrected chi connectivity index (χ0v) is 15.5. The summed E-state index contributed by atoms with van der Waals surface area (Å²) in [5, 5.41) is 5.09. The largest absolute Gasteiger partial charge is 0.573 e. The number of alkyl halides is 3. The molecule has 0 aliphatic carbocycles. The van der Waals surface area contributed by atoms with E-state index < -0.39 is 30.2 Å². The third kappa shape index (κ3) is 6.09. The summed E-state index contributed by atoms with van der Waals surface area (Å²) in [6.07, 6.45) is -4.80. The number of thioether (sulfide) groups is 1. The van der Waals surface area contributed by atoms with E-state index in [0.29, 0.717) is 17.0 Å². The van der Waals surface area contributed by atoms with E-state index in [1.165, 1.54) is 12.1 Å². The summed E-state index contributed by atoms with van der Waals surface area (Å²) >= 11 is 1.62. The van der Waals surface area contributed by atoms with Crippen LogP contribution in [0.1, 0.15) is 25.5 Å². The third-order valence-electron chi connectivity index (χ3n) is 3.60. The Labute approximate surface area is 158 Å². The van der Waals surface area contributed by atoms with Gasteiger partial charge in [0.1, 0.15) is 12.4 Å². The van der Waals surface area contributed by atoms with Crippen molar-refractivity contribution in [2.24, 2.45) is 0 Å². The fourth-order valence-corrected chi connectivity index (χ4v) is 2.98. The number of carbonyl (C=O) groups excluding carboxylic acids is 2. The Morgan fingerprint density at radius 2 is 1.93 bits per heavy atom. The van der Waals surface area contributed by atoms with E-state index in [0.717, 1.165) is 17.9 Å². The second kappa shape index (κ2) is 9.03. The van der Waals surface area contributed by atoms with Gasteiger partial charge in [0, 0.05) is 11.4 Å². The molecule has 1 unspecified atom stereocenters. The van der Waals surface area contributed by atoms with Crippen LogP contribution < -0.4 is 15.4 Å². The lowest BCUT2D eigenvalue weighted by Crippen LogP contribution is -2.45. The molecule has 10 heteroatoms. The van der Waals surface area contributed by atoms with E-state index in [1.807, 2.05) is 6.92 Å². The van der Waals surface area contributed by atoms with E-state index >= 15 is 0 Å². The molecule has 0 bridgehead atoms. The van der Waals surface area contributed by atoms with Crippen molar-refractivity contribution in [3.63, 3.8) is 0 Å². The fourth-order valence-electron chi connectivity index (χ4n) is 2.49. The predicted octanol–water partition coefficient (Wildman–Crippen LogP) is 3.51. The smallest absolute Gasteiger partial charge is 0.461 e. The van der Waals surface area contributed by atoms with Crippen LogP contribution >= 0.6 is 11.8 Å². The van der Waals surface area contributed by atoms with Crippen molar-refractivity contribution in [3.05, 3.63) is 41.1 Å². The first-order valence-electron chi connectivity index (χ1n) is 8.10. The molecule has 1 heterocycles. The van der Waals surface area contributed by atoms with Gasteiger partial charge in [0.2, 0.25) is 0 Å². The summed E-state index contributed by atoms with van der Waals surface area (Å²) < 4.78 is 45.9. The second-order valence-electron chi connectivity index (χ2n) is 5.52. The number of rotatable bonds is 7. The van der Waals surface area contributed by atoms with Gasteiger partial charge in [-0.25, -0.2) is 9.59 Å². The highest BCUT2D eigenvalue weighted by Crippen LogP contribution is 2.30. The van der Waals surface area contributed by atoms with E-state index in [2.05, 4.69) is 15.4 Å². The number of hydrogen-bond acceptors (Lipinski definition) is 5. The molecule has 0 fully saturated rings. The number of esters is 1. The van der Waals surface area contributed by atoms with Crippen LogP contribution in [-0.4, -0.2) is 36.5 Å². The summed E-state index contributed by atoms with van der Waals surface area (Å²) in [5.41, 5.74) is 0.946. The van der Waals surface area contributed by atoms with Gasteiger partial charge in [-0.2, -0.15) is 11.8 Å². The van der Waals surface area contributed by atoms with Crippen LogP contribution in [0, 0.1) is 0 Å². The van der Waals surface area contributed by atoms with Crippen molar-refractivity contribution in [1.82, 2.24) is 10.6 Å². The second-order valence-corrected chi connectivity index (χ2v) is 6.91. The third-order valence-corrected chi connectivity index (χ3v) is 4.46. The molecule has 0 aromatic heterocycles. The number of allylic oxidation sites excluding steroid dienone is 1. The summed E-state index contributed by atoms with van der Waals surface area (Å²) in [6.45, 7) is 3.76. The zero-order chi connectivity index (χ0) is 20.0. The fraction of sp³-hybridized carbons (Fsp3) is 0.412. The van der Waals surface area contributed by atoms with Crippen molar-refractivity contribution in [3.8, 4) is 5.75 Å². The van der Waals surface area contributed by atoms with Gasteiger partial charge >= 0.3 is 18.4 Å². The number of halogens is 3. The lowest BCUT2D eigenvalue weighted by atomic mass is 9.95. The molecule has 2 N–H and O–H groups in total. The standard InChI is InChI=1S/C17H19F3N2O4S/c1-3-27-9-8-25-15(23)13-10(2)21-16(24)22-14(13)11-4-6-12(7-5-11)26-17(18,19)20/h4-7,14H,3,8-9H2,1-2H3,(H2,21,22,24). The average Bonchev–Trinajstić information content (AvgIpc) is 2.57. The highest BCUT2D eigenvalue weighted by Gasteiger charge is 2.33. The molecular weight excluding hydrogens is 385 g/mol. The number of urea groups is 1. The Bertz CT molecular complexity index is 720. The topological polar surface area (TPSA) is 76.7 Å². The minimum absolute atomic E-state index is 0.195. The Morgan fingerprint density at radius 3 is 2.52 bits per heavy atom. The normalized spacial score (nSPS) is 17.2. The minimum Gasteiger partial charge on any atom is -0.461 e. The summed E-state index contributed by atoms with van der Waals surface area (Å²) in [7, 11) is 0. The highest BCUT2D eigenvalue weighted by atomic mass is 32.2. The molecule has 2 rings (SSSR count). The average molecular weight is 404 g/mol. The van der Waals surface area contributed by atoms with Gasteiger partial charge in [0.25, 0.3) is 0 Å². The minimum atomic E-state index is -4.80. The van der Waals surface area contributed by atoms with Crippen LogP contribution in [0.15, 0.2) is 35.5 Å². The predicted molar refractivity (Wildman–Crippen MR) is 94.2 cm³/mol. The highest BCUT2D eigenvalue weighted by molar-refractivity contribution is 7.99. The maximum atomic E-state index is 12.5. The van der Waals surface area contributed by atoms with E-state index in [1.54, 1.807) is 18.7 Å². The molecule has 0 saturated carbocycles. The number of hydrogen-bond donors (Lipinski definition) is 2. The van der Waals surface area contributed by atoms with Crippen LogP contribution in [0.4, 0.5) is 18.0 Å². The van der Waals surface area contributed by atoms with Gasteiger partial charge < -0.3 is 20.1 Å². The SMILES string of the molecule is CCSCCOC(=O)C1=C(C)NC(=O)NC1c1ccc(OC(F)(F)F)cc1. The van der Waals surface area contributed by atoms with Crippen molar-refractivity contribution >= 4 is 23.8 Å². The molecule has 0 saturated heterocycles. The lowest BCUT2D eigenvalue weighted by Gasteiger charge is -2.28. The number of nitrogens with one attached hydrogen (secondary N) is 2. The van der Waals surface area contributed by atoms with Crippen LogP contribution in [0.25, 0.3) is 0 Å². The van der Waals surface area contributed by atoms with Gasteiger partial charge in [-0.15, -0.1) is 13.2 Å². The Kier molecular flexibility index (Phi) is 7.00. The first-order valence-corrected chi connectivity index (χ1v) is 9.25. The monoisotopic (exact) mass is 404 g/mol. The number of amides is 2. The molecule has 148 valence electrons. The number of benzene rings is 1. The van der Waals surface area contributed by atoms with Gasteiger partial charge in [-0.3, -0.25) is 0 Å². The Morgan fingerprint density at radius 1 is 1.26 bits per heavy atom. The zero-order valence-electron chi connectivity index (χ0n) is 14.7. The molecule has 1 aromatic rings. The van der Waals surface area contributed by atoms with Crippen LogP contribution in [0.5, 0.6) is 5.75 Å². The summed E-state index contributed by atoms with van der Waals surface area (Å²) in [5.74, 6) is 0.541. The molecular formula is C17H19F3N2O4S. The molecule has 27 heavy (non-hydrogen) atoms. The molecule has 1 atom stereocenters. The molecule has 1 aromatic carbocycles. The molecule has 0 spiro atoms. The maximum absolute atomic E-state index is 12.5. The Hall–Kier alpha value is -2.36. The summed E-state index contributed by atoms with van der Waals surface area (Å²) in [4.78, 5) is 24.3. The van der Waals surface area contributed by atoms with E-state index in [4.69, 9.17) is 4.74 Å². The van der Waals surface area contributed by atoms with Crippen LogP contribution in [0.3, 0.4) is 0 Å². The van der Waals surface area contributed by atoms with Crippen molar-refractivity contribution < 1.29 is 32.2 Å². The molecule has 6 nitrogen and oxygen atoms in total. The van der Waals surface area contributed by atoms with Gasteiger partial charge in [0.15, 0.2) is 0 Å². The Balaban J connectivity index is 2.20. The van der Waals surface area contributed by atoms with Gasteiger partial charge in [0.05, 0.1) is 11.6 Å². The van der Waals surface area contributed by atoms with E-state index in [-0.39, 0.29) is 12.2 Å². The first-order chi connectivity index (χ1) is 12.7. The molecule has 0 radical (unpaired) electrons. The summed E-state index contributed by atoms with van der Waals surface area (Å²) in [6, 6.07) is 3.58. The number of ether oxygens (including phenoxy) is 2.